The number of hydrogen-bond acceptors (Lipinski definition) is 2. The summed E-state index contributed by atoms with van der Waals surface area (Å²) >= 11 is 0. The molecule has 0 aromatic heterocycles. The van der Waals surface area contributed by atoms with E-state index in [1.165, 1.54) is 6.92 Å². The predicted molar refractivity (Wildman–Crippen MR) is 99.8 cm³/mol. The van der Waals surface area contributed by atoms with Crippen molar-refractivity contribution in [3.63, 3.8) is 0 Å². The highest BCUT2D eigenvalue weighted by molar-refractivity contribution is 6.06. The predicted octanol–water partition coefficient (Wildman–Crippen LogP) is 4.27. The molecule has 0 aliphatic carbocycles. The number of amides is 2. The fourth-order valence-electron chi connectivity index (χ4n) is 3.54. The molecule has 2 amide bonds. The summed E-state index contributed by atoms with van der Waals surface area (Å²) in [5.74, 6) is -0.120. The minimum Gasteiger partial charge on any atom is -0.326 e. The molecular weight excluding hydrogens is 312 g/mol. The molecule has 4 nitrogen and oxygen atoms in total. The molecule has 2 N–H and O–H groups in total. The average Bonchev–Trinajstić information content (AvgIpc) is 2.60. The zero-order chi connectivity index (χ0) is 17.4. The summed E-state index contributed by atoms with van der Waals surface area (Å²) in [6.45, 7) is 1.49. The number of rotatable bonds is 2. The molecule has 1 unspecified atom stereocenters. The second kappa shape index (κ2) is 6.06. The molecule has 4 rings (SSSR count). The van der Waals surface area contributed by atoms with Gasteiger partial charge in [0.15, 0.2) is 0 Å². The Morgan fingerprint density at radius 1 is 1.08 bits per heavy atom. The number of nitrogens with one attached hydrogen (secondary N) is 2. The van der Waals surface area contributed by atoms with Crippen molar-refractivity contribution in [2.45, 2.75) is 19.3 Å². The van der Waals surface area contributed by atoms with Crippen LogP contribution in [0.25, 0.3) is 10.8 Å². The van der Waals surface area contributed by atoms with Crippen molar-refractivity contribution in [1.29, 1.82) is 0 Å². The lowest BCUT2D eigenvalue weighted by molar-refractivity contribution is -0.116. The standard InChI is InChI=1S/C21H18N2O2/c1-13(24)22-16-7-4-6-15(11-16)19-12-20(25)23-21-17-8-3-2-5-14(17)9-10-18(19)21/h2-11,19H,12H2,1H3,(H,22,24)(H,23,25). The normalized spacial score (nSPS) is 16.2. The van der Waals surface area contributed by atoms with Crippen molar-refractivity contribution < 1.29 is 9.59 Å². The van der Waals surface area contributed by atoms with Gasteiger partial charge in [-0.15, -0.1) is 0 Å². The molecule has 3 aromatic rings. The van der Waals surface area contributed by atoms with Gasteiger partial charge in [0.1, 0.15) is 0 Å². The quantitative estimate of drug-likeness (QED) is 0.737. The molecule has 0 radical (unpaired) electrons. The van der Waals surface area contributed by atoms with E-state index < -0.39 is 0 Å². The third-order valence-corrected chi connectivity index (χ3v) is 4.60. The lowest BCUT2D eigenvalue weighted by Gasteiger charge is -2.27. The van der Waals surface area contributed by atoms with Gasteiger partial charge in [-0.1, -0.05) is 48.5 Å². The Balaban J connectivity index is 1.84. The monoisotopic (exact) mass is 330 g/mol. The molecule has 1 atom stereocenters. The molecule has 0 bridgehead atoms. The van der Waals surface area contributed by atoms with E-state index in [1.807, 2.05) is 48.5 Å². The number of carbonyl (C=O) groups is 2. The van der Waals surface area contributed by atoms with Crippen molar-refractivity contribution in [2.24, 2.45) is 0 Å². The minimum absolute atomic E-state index is 0.0128. The van der Waals surface area contributed by atoms with Gasteiger partial charge in [-0.2, -0.15) is 0 Å². The van der Waals surface area contributed by atoms with Gasteiger partial charge in [0, 0.05) is 30.3 Å². The average molecular weight is 330 g/mol. The molecule has 124 valence electrons. The largest absolute Gasteiger partial charge is 0.326 e. The van der Waals surface area contributed by atoms with Gasteiger partial charge in [-0.05, 0) is 28.6 Å². The zero-order valence-electron chi connectivity index (χ0n) is 13.9. The fourth-order valence-corrected chi connectivity index (χ4v) is 3.54. The van der Waals surface area contributed by atoms with Gasteiger partial charge in [-0.25, -0.2) is 0 Å². The van der Waals surface area contributed by atoms with Crippen molar-refractivity contribution in [3.05, 3.63) is 71.8 Å². The first kappa shape index (κ1) is 15.4. The zero-order valence-corrected chi connectivity index (χ0v) is 13.9. The lowest BCUT2D eigenvalue weighted by atomic mass is 9.83. The summed E-state index contributed by atoms with van der Waals surface area (Å²) in [7, 11) is 0. The smallest absolute Gasteiger partial charge is 0.225 e. The summed E-state index contributed by atoms with van der Waals surface area (Å²) in [6, 6.07) is 20.0. The first-order chi connectivity index (χ1) is 12.1. The Hall–Kier alpha value is -3.14. The van der Waals surface area contributed by atoms with Crippen LogP contribution in [0, 0.1) is 0 Å². The maximum atomic E-state index is 12.3. The Morgan fingerprint density at radius 2 is 1.92 bits per heavy atom. The minimum atomic E-state index is -0.107. The Labute approximate surface area is 145 Å². The van der Waals surface area contributed by atoms with Gasteiger partial charge < -0.3 is 10.6 Å². The van der Waals surface area contributed by atoms with Crippen LogP contribution < -0.4 is 10.6 Å². The Kier molecular flexibility index (Phi) is 3.73. The van der Waals surface area contributed by atoms with Crippen molar-refractivity contribution >= 4 is 34.0 Å². The summed E-state index contributed by atoms with van der Waals surface area (Å²) in [4.78, 5) is 23.7. The number of hydrogen-bond donors (Lipinski definition) is 2. The molecule has 1 aliphatic rings. The van der Waals surface area contributed by atoms with Gasteiger partial charge in [-0.3, -0.25) is 9.59 Å². The SMILES string of the molecule is CC(=O)Nc1cccc(C2CC(=O)Nc3c2ccc2ccccc32)c1. The summed E-state index contributed by atoms with van der Waals surface area (Å²) in [5, 5.41) is 8.01. The van der Waals surface area contributed by atoms with Crippen molar-refractivity contribution in [1.82, 2.24) is 0 Å². The molecule has 25 heavy (non-hydrogen) atoms. The first-order valence-electron chi connectivity index (χ1n) is 8.31. The van der Waals surface area contributed by atoms with Crippen LogP contribution in [0.2, 0.25) is 0 Å². The maximum Gasteiger partial charge on any atom is 0.225 e. The number of carbonyl (C=O) groups excluding carboxylic acids is 2. The molecule has 0 spiro atoms. The van der Waals surface area contributed by atoms with E-state index in [1.54, 1.807) is 0 Å². The van der Waals surface area contributed by atoms with Crippen LogP contribution >= 0.6 is 0 Å². The summed E-state index contributed by atoms with van der Waals surface area (Å²) in [5.41, 5.74) is 3.78. The fraction of sp³-hybridized carbons (Fsp3) is 0.143. The number of benzene rings is 3. The second-order valence-electron chi connectivity index (χ2n) is 6.36. The molecule has 4 heteroatoms. The van der Waals surface area contributed by atoms with E-state index in [0.29, 0.717) is 6.42 Å². The van der Waals surface area contributed by atoms with Gasteiger partial charge in [0.05, 0.1) is 5.69 Å². The highest BCUT2D eigenvalue weighted by Crippen LogP contribution is 2.41. The topological polar surface area (TPSA) is 58.2 Å². The lowest BCUT2D eigenvalue weighted by Crippen LogP contribution is -2.23. The van der Waals surface area contributed by atoms with Crippen LogP contribution in [0.3, 0.4) is 0 Å². The molecule has 1 aliphatic heterocycles. The third-order valence-electron chi connectivity index (χ3n) is 4.60. The Bertz CT molecular complexity index is 994. The maximum absolute atomic E-state index is 12.3. The highest BCUT2D eigenvalue weighted by atomic mass is 16.2. The molecule has 1 heterocycles. The van der Waals surface area contributed by atoms with Gasteiger partial charge >= 0.3 is 0 Å². The van der Waals surface area contributed by atoms with Crippen LogP contribution in [-0.2, 0) is 9.59 Å². The molecule has 0 fully saturated rings. The third kappa shape index (κ3) is 2.87. The molecule has 0 saturated carbocycles. The second-order valence-corrected chi connectivity index (χ2v) is 6.36. The highest BCUT2D eigenvalue weighted by Gasteiger charge is 2.27. The van der Waals surface area contributed by atoms with Crippen molar-refractivity contribution in [2.75, 3.05) is 10.6 Å². The van der Waals surface area contributed by atoms with Crippen LogP contribution in [-0.4, -0.2) is 11.8 Å². The first-order valence-corrected chi connectivity index (χ1v) is 8.31. The van der Waals surface area contributed by atoms with Gasteiger partial charge in [0.2, 0.25) is 11.8 Å². The van der Waals surface area contributed by atoms with Crippen molar-refractivity contribution in [3.8, 4) is 0 Å². The van der Waals surface area contributed by atoms with E-state index in [-0.39, 0.29) is 17.7 Å². The summed E-state index contributed by atoms with van der Waals surface area (Å²) < 4.78 is 0. The van der Waals surface area contributed by atoms with E-state index in [4.69, 9.17) is 0 Å². The van der Waals surface area contributed by atoms with Crippen LogP contribution in [0.15, 0.2) is 60.7 Å². The van der Waals surface area contributed by atoms with Crippen LogP contribution in [0.5, 0.6) is 0 Å². The molecular formula is C21H18N2O2. The van der Waals surface area contributed by atoms with E-state index in [9.17, 15) is 9.59 Å². The number of anilines is 2. The van der Waals surface area contributed by atoms with Crippen LogP contribution in [0.4, 0.5) is 11.4 Å². The van der Waals surface area contributed by atoms with Gasteiger partial charge in [0.25, 0.3) is 0 Å². The van der Waals surface area contributed by atoms with E-state index in [2.05, 4.69) is 22.8 Å². The molecule has 0 saturated heterocycles. The molecule has 3 aromatic carbocycles. The number of fused-ring (bicyclic) bond motifs is 3. The van der Waals surface area contributed by atoms with Crippen LogP contribution in [0.1, 0.15) is 30.4 Å². The van der Waals surface area contributed by atoms with E-state index in [0.717, 1.165) is 33.3 Å². The van der Waals surface area contributed by atoms with E-state index >= 15 is 0 Å². The Morgan fingerprint density at radius 3 is 2.76 bits per heavy atom. The summed E-state index contributed by atoms with van der Waals surface area (Å²) in [6.07, 6.45) is 0.398.